The predicted octanol–water partition coefficient (Wildman–Crippen LogP) is 4.38. The molecule has 0 fully saturated rings. The van der Waals surface area contributed by atoms with Crippen LogP contribution in [0.3, 0.4) is 0 Å². The Morgan fingerprint density at radius 2 is 1.35 bits per heavy atom. The average Bonchev–Trinajstić information content (AvgIpc) is 2.59. The van der Waals surface area contributed by atoms with Gasteiger partial charge < -0.3 is 15.3 Å². The van der Waals surface area contributed by atoms with Crippen LogP contribution in [0.25, 0.3) is 15.3 Å². The summed E-state index contributed by atoms with van der Waals surface area (Å²) in [5, 5.41) is 30.3. The second-order valence-corrected chi connectivity index (χ2v) is 7.67. The Balaban J connectivity index is 2.55. The Labute approximate surface area is 171 Å². The Hall–Kier alpha value is -1.57. The summed E-state index contributed by atoms with van der Waals surface area (Å²) in [6.45, 7) is 3.91. The molecule has 0 aliphatic heterocycles. The lowest BCUT2D eigenvalue weighted by Crippen LogP contribution is -1.93. The first-order valence-corrected chi connectivity index (χ1v) is 9.35. The summed E-state index contributed by atoms with van der Waals surface area (Å²) in [7, 11) is 1.88. The van der Waals surface area contributed by atoms with Gasteiger partial charge >= 0.3 is 0 Å². The SMILES string of the molecule is B/C(=C(/S)c1cc(O)c(/C(S)=C(\S)C(C)C)c(O)c1)c1ccc(O)cc1. The summed E-state index contributed by atoms with van der Waals surface area (Å²) in [5.74, 6) is 0.105. The minimum Gasteiger partial charge on any atom is -0.508 e. The van der Waals surface area contributed by atoms with E-state index >= 15 is 0 Å². The van der Waals surface area contributed by atoms with E-state index in [1.54, 1.807) is 36.4 Å². The molecule has 3 N–H and O–H groups in total. The summed E-state index contributed by atoms with van der Waals surface area (Å²) in [4.78, 5) is 1.71. The maximum Gasteiger partial charge on any atom is 0.141 e. The molecule has 0 heterocycles. The first-order chi connectivity index (χ1) is 12.1. The number of phenolic OH excluding ortho intramolecular Hbond substituents is 3. The van der Waals surface area contributed by atoms with Crippen molar-refractivity contribution in [3.05, 3.63) is 58.0 Å². The number of aromatic hydroxyl groups is 3. The fraction of sp³-hybridized carbons (Fsp3) is 0.158. The highest BCUT2D eigenvalue weighted by atomic mass is 32.1. The lowest BCUT2D eigenvalue weighted by atomic mass is 9.86. The zero-order valence-electron chi connectivity index (χ0n) is 14.7. The van der Waals surface area contributed by atoms with Crippen LogP contribution in [0, 0.1) is 5.92 Å². The summed E-state index contributed by atoms with van der Waals surface area (Å²) in [5.41, 5.74) is 2.55. The molecule has 0 saturated carbocycles. The third-order valence-electron chi connectivity index (χ3n) is 4.05. The van der Waals surface area contributed by atoms with Gasteiger partial charge in [0.1, 0.15) is 25.1 Å². The number of phenols is 3. The molecule has 0 aromatic heterocycles. The third kappa shape index (κ3) is 4.39. The van der Waals surface area contributed by atoms with Crippen molar-refractivity contribution in [1.29, 1.82) is 0 Å². The summed E-state index contributed by atoms with van der Waals surface area (Å²) >= 11 is 13.4. The van der Waals surface area contributed by atoms with Crippen molar-refractivity contribution in [3.8, 4) is 17.2 Å². The summed E-state index contributed by atoms with van der Waals surface area (Å²) in [6.07, 6.45) is 0. The highest BCUT2D eigenvalue weighted by Crippen LogP contribution is 2.42. The van der Waals surface area contributed by atoms with Crippen LogP contribution in [-0.2, 0) is 0 Å². The second kappa shape index (κ2) is 8.42. The van der Waals surface area contributed by atoms with Crippen LogP contribution >= 0.6 is 37.9 Å². The number of hydrogen-bond donors (Lipinski definition) is 6. The molecule has 0 radical (unpaired) electrons. The first-order valence-electron chi connectivity index (χ1n) is 8.01. The maximum absolute atomic E-state index is 10.4. The molecule has 0 spiro atoms. The van der Waals surface area contributed by atoms with Crippen LogP contribution in [0.15, 0.2) is 41.3 Å². The smallest absolute Gasteiger partial charge is 0.141 e. The molecule has 2 aromatic rings. The quantitative estimate of drug-likeness (QED) is 0.261. The fourth-order valence-corrected chi connectivity index (χ4v) is 3.31. The highest BCUT2D eigenvalue weighted by Gasteiger charge is 2.17. The first kappa shape index (κ1) is 20.7. The second-order valence-electron chi connectivity index (χ2n) is 6.30. The van der Waals surface area contributed by atoms with E-state index < -0.39 is 0 Å². The molecule has 26 heavy (non-hydrogen) atoms. The van der Waals surface area contributed by atoms with Crippen molar-refractivity contribution < 1.29 is 15.3 Å². The van der Waals surface area contributed by atoms with Crippen molar-refractivity contribution in [2.75, 3.05) is 0 Å². The minimum atomic E-state index is -0.0951. The van der Waals surface area contributed by atoms with Gasteiger partial charge in [-0.15, -0.1) is 37.9 Å². The molecule has 0 aliphatic rings. The molecule has 2 rings (SSSR count). The molecular weight excluding hydrogens is 383 g/mol. The van der Waals surface area contributed by atoms with Gasteiger partial charge in [-0.3, -0.25) is 0 Å². The monoisotopic (exact) mass is 404 g/mol. The van der Waals surface area contributed by atoms with Crippen molar-refractivity contribution in [2.45, 2.75) is 13.8 Å². The molecule has 0 aliphatic carbocycles. The number of thiol groups is 3. The van der Waals surface area contributed by atoms with E-state index in [1.807, 2.05) is 21.7 Å². The molecule has 0 unspecified atom stereocenters. The number of rotatable bonds is 4. The molecule has 0 saturated heterocycles. The molecule has 136 valence electrons. The van der Waals surface area contributed by atoms with E-state index in [9.17, 15) is 15.3 Å². The number of allylic oxidation sites excluding steroid dienone is 1. The Morgan fingerprint density at radius 1 is 0.846 bits per heavy atom. The molecule has 7 heteroatoms. The lowest BCUT2D eigenvalue weighted by molar-refractivity contribution is 0.448. The van der Waals surface area contributed by atoms with E-state index in [0.29, 0.717) is 20.3 Å². The highest BCUT2D eigenvalue weighted by molar-refractivity contribution is 7.93. The van der Waals surface area contributed by atoms with Crippen LogP contribution in [-0.4, -0.2) is 23.2 Å². The summed E-state index contributed by atoms with van der Waals surface area (Å²) < 4.78 is 0. The van der Waals surface area contributed by atoms with Crippen LogP contribution in [0.5, 0.6) is 17.2 Å². The predicted molar refractivity (Wildman–Crippen MR) is 122 cm³/mol. The zero-order chi connectivity index (χ0) is 19.6. The largest absolute Gasteiger partial charge is 0.508 e. The van der Waals surface area contributed by atoms with E-state index in [4.69, 9.17) is 0 Å². The molecule has 0 atom stereocenters. The number of hydrogen-bond acceptors (Lipinski definition) is 6. The van der Waals surface area contributed by atoms with Gasteiger partial charge in [-0.1, -0.05) is 31.5 Å². The van der Waals surface area contributed by atoms with Crippen molar-refractivity contribution in [3.63, 3.8) is 0 Å². The normalized spacial score (nSPS) is 13.5. The van der Waals surface area contributed by atoms with Crippen LogP contribution in [0.1, 0.15) is 30.5 Å². The van der Waals surface area contributed by atoms with Gasteiger partial charge in [-0.2, -0.15) is 0 Å². The van der Waals surface area contributed by atoms with Gasteiger partial charge in [0.2, 0.25) is 0 Å². The van der Waals surface area contributed by atoms with Crippen LogP contribution in [0.4, 0.5) is 0 Å². The third-order valence-corrected chi connectivity index (χ3v) is 6.03. The van der Waals surface area contributed by atoms with Gasteiger partial charge in [0.05, 0.1) is 5.56 Å². The van der Waals surface area contributed by atoms with E-state index in [2.05, 4.69) is 37.9 Å². The van der Waals surface area contributed by atoms with Gasteiger partial charge in [0.15, 0.2) is 0 Å². The van der Waals surface area contributed by atoms with Gasteiger partial charge in [-0.05, 0) is 46.2 Å². The Morgan fingerprint density at radius 3 is 1.81 bits per heavy atom. The van der Waals surface area contributed by atoms with E-state index in [1.165, 1.54) is 0 Å². The van der Waals surface area contributed by atoms with Crippen molar-refractivity contribution in [2.24, 2.45) is 5.92 Å². The van der Waals surface area contributed by atoms with E-state index in [0.717, 1.165) is 11.0 Å². The van der Waals surface area contributed by atoms with E-state index in [-0.39, 0.29) is 28.7 Å². The average molecular weight is 404 g/mol. The van der Waals surface area contributed by atoms with Gasteiger partial charge in [-0.25, -0.2) is 0 Å². The standard InChI is InChI=1S/C19H21BO3S3/c1-9(2)17(24)19(26)15-13(22)7-11(8-14(15)23)18(25)16(20)10-3-5-12(21)6-4-10/h3-9,21-26H,20H2,1-2H3/b18-16+,19-17+. The minimum absolute atomic E-state index is 0.0951. The van der Waals surface area contributed by atoms with Crippen molar-refractivity contribution in [1.82, 2.24) is 0 Å². The molecule has 0 amide bonds. The van der Waals surface area contributed by atoms with Crippen LogP contribution < -0.4 is 0 Å². The number of benzene rings is 2. The molecule has 3 nitrogen and oxygen atoms in total. The summed E-state index contributed by atoms with van der Waals surface area (Å²) in [6, 6.07) is 9.82. The van der Waals surface area contributed by atoms with Crippen LogP contribution in [0.2, 0.25) is 0 Å². The van der Waals surface area contributed by atoms with Gasteiger partial charge in [0, 0.05) is 9.81 Å². The molecular formula is C19H21BO3S3. The van der Waals surface area contributed by atoms with Crippen molar-refractivity contribution >= 4 is 61.0 Å². The Bertz CT molecular complexity index is 864. The Kier molecular flexibility index (Phi) is 6.72. The zero-order valence-corrected chi connectivity index (χ0v) is 17.4. The maximum atomic E-state index is 10.4. The molecule has 0 bridgehead atoms. The topological polar surface area (TPSA) is 60.7 Å². The lowest BCUT2D eigenvalue weighted by Gasteiger charge is -2.15. The molecule has 2 aromatic carbocycles. The fourth-order valence-electron chi connectivity index (χ4n) is 2.46. The van der Waals surface area contributed by atoms with Gasteiger partial charge in [0.25, 0.3) is 0 Å².